The summed E-state index contributed by atoms with van der Waals surface area (Å²) in [5.41, 5.74) is 8.36. The van der Waals surface area contributed by atoms with Crippen LogP contribution < -0.4 is 0 Å². The van der Waals surface area contributed by atoms with Crippen LogP contribution in [0.2, 0.25) is 0 Å². The smallest absolute Gasteiger partial charge is 0.164 e. The first-order valence-corrected chi connectivity index (χ1v) is 17.3. The Kier molecular flexibility index (Phi) is 6.18. The van der Waals surface area contributed by atoms with Crippen molar-refractivity contribution in [2.45, 2.75) is 0 Å². The van der Waals surface area contributed by atoms with E-state index >= 15 is 0 Å². The van der Waals surface area contributed by atoms with Gasteiger partial charge in [-0.15, -0.1) is 0 Å². The van der Waals surface area contributed by atoms with Crippen LogP contribution in [0.5, 0.6) is 0 Å². The molecule has 0 aliphatic rings. The maximum atomic E-state index is 6.28. The summed E-state index contributed by atoms with van der Waals surface area (Å²) in [4.78, 5) is 15.5. The summed E-state index contributed by atoms with van der Waals surface area (Å²) in [6, 6.07) is 56.4. The molecule has 5 heteroatoms. The summed E-state index contributed by atoms with van der Waals surface area (Å²) in [6.07, 6.45) is 0. The Morgan fingerprint density at radius 3 is 1.69 bits per heavy atom. The lowest BCUT2D eigenvalue weighted by molar-refractivity contribution is 0.668. The minimum absolute atomic E-state index is 0.582. The van der Waals surface area contributed by atoms with Crippen molar-refractivity contribution < 1.29 is 8.83 Å². The molecule has 11 aromatic rings. The lowest BCUT2D eigenvalue weighted by Crippen LogP contribution is -2.00. The monoisotopic (exact) mass is 665 g/mol. The minimum Gasteiger partial charge on any atom is -0.456 e. The molecule has 0 bridgehead atoms. The number of para-hydroxylation sites is 2. The van der Waals surface area contributed by atoms with Crippen LogP contribution in [0.3, 0.4) is 0 Å². The van der Waals surface area contributed by atoms with E-state index in [4.69, 9.17) is 23.8 Å². The molecule has 52 heavy (non-hydrogen) atoms. The van der Waals surface area contributed by atoms with E-state index in [1.807, 2.05) is 42.5 Å². The van der Waals surface area contributed by atoms with Gasteiger partial charge in [0.05, 0.1) is 0 Å². The van der Waals surface area contributed by atoms with E-state index in [-0.39, 0.29) is 0 Å². The molecule has 3 aromatic heterocycles. The number of furan rings is 2. The third-order valence-electron chi connectivity index (χ3n) is 10.1. The molecule has 5 nitrogen and oxygen atoms in total. The Bertz CT molecular complexity index is 3210. The second kappa shape index (κ2) is 11.2. The van der Waals surface area contributed by atoms with Crippen LogP contribution in [0.4, 0.5) is 0 Å². The Labute approximate surface area is 297 Å². The first kappa shape index (κ1) is 28.7. The minimum atomic E-state index is 0.582. The number of aromatic nitrogens is 3. The summed E-state index contributed by atoms with van der Waals surface area (Å²) in [6.45, 7) is 0. The third kappa shape index (κ3) is 4.46. The first-order chi connectivity index (χ1) is 25.7. The van der Waals surface area contributed by atoms with Gasteiger partial charge in [0.2, 0.25) is 0 Å². The van der Waals surface area contributed by atoms with E-state index < -0.39 is 0 Å². The van der Waals surface area contributed by atoms with E-state index in [0.717, 1.165) is 93.2 Å². The summed E-state index contributed by atoms with van der Waals surface area (Å²) >= 11 is 0. The third-order valence-corrected chi connectivity index (χ3v) is 10.1. The molecule has 3 heterocycles. The number of hydrogen-bond acceptors (Lipinski definition) is 5. The van der Waals surface area contributed by atoms with Crippen LogP contribution in [0, 0.1) is 0 Å². The van der Waals surface area contributed by atoms with Crippen LogP contribution in [-0.4, -0.2) is 15.0 Å². The van der Waals surface area contributed by atoms with Gasteiger partial charge in [-0.2, -0.15) is 0 Å². The summed E-state index contributed by atoms with van der Waals surface area (Å²) < 4.78 is 12.5. The van der Waals surface area contributed by atoms with Crippen LogP contribution in [-0.2, 0) is 0 Å². The lowest BCUT2D eigenvalue weighted by atomic mass is 9.93. The Balaban J connectivity index is 1.14. The number of nitrogens with zero attached hydrogens (tertiary/aromatic N) is 3. The van der Waals surface area contributed by atoms with E-state index in [1.54, 1.807) is 0 Å². The molecule has 0 N–H and O–H groups in total. The van der Waals surface area contributed by atoms with Crippen molar-refractivity contribution in [3.63, 3.8) is 0 Å². The fraction of sp³-hybridized carbons (Fsp3) is 0. The van der Waals surface area contributed by atoms with Crippen molar-refractivity contribution in [1.82, 2.24) is 15.0 Å². The molecule has 0 aliphatic heterocycles. The average molecular weight is 666 g/mol. The van der Waals surface area contributed by atoms with Gasteiger partial charge in [0, 0.05) is 38.2 Å². The normalized spacial score (nSPS) is 11.8. The highest BCUT2D eigenvalue weighted by atomic mass is 16.3. The van der Waals surface area contributed by atoms with Gasteiger partial charge in [0.15, 0.2) is 17.5 Å². The average Bonchev–Trinajstić information content (AvgIpc) is 3.78. The van der Waals surface area contributed by atoms with E-state index in [2.05, 4.69) is 121 Å². The van der Waals surface area contributed by atoms with E-state index in [0.29, 0.717) is 17.5 Å². The van der Waals surface area contributed by atoms with Crippen molar-refractivity contribution in [3.05, 3.63) is 164 Å². The second-order valence-corrected chi connectivity index (χ2v) is 13.2. The highest BCUT2D eigenvalue weighted by molar-refractivity contribution is 6.16. The highest BCUT2D eigenvalue weighted by Crippen LogP contribution is 2.41. The van der Waals surface area contributed by atoms with Crippen LogP contribution in [0.1, 0.15) is 0 Å². The molecular weight excluding hydrogens is 639 g/mol. The molecule has 0 saturated carbocycles. The van der Waals surface area contributed by atoms with Crippen molar-refractivity contribution >= 4 is 65.4 Å². The molecule has 242 valence electrons. The van der Waals surface area contributed by atoms with Crippen LogP contribution in [0.15, 0.2) is 173 Å². The van der Waals surface area contributed by atoms with Crippen molar-refractivity contribution in [2.24, 2.45) is 0 Å². The largest absolute Gasteiger partial charge is 0.456 e. The van der Waals surface area contributed by atoms with Gasteiger partial charge in [-0.1, -0.05) is 127 Å². The standard InChI is InChI=1S/C47H27N3O2/c1-2-11-29-26-30(23-22-28(29)10-1)45-48-46(31-24-25-36-35-12-3-5-19-40(35)52-43(36)27-31)50-47(49-45)38-18-8-14-32-33(15-7-16-34(32)38)37-17-9-21-42-44(37)39-13-4-6-20-41(39)51-42/h1-27H. The van der Waals surface area contributed by atoms with Crippen molar-refractivity contribution in [1.29, 1.82) is 0 Å². The maximum absolute atomic E-state index is 6.28. The van der Waals surface area contributed by atoms with Gasteiger partial charge >= 0.3 is 0 Å². The molecule has 0 unspecified atom stereocenters. The number of rotatable bonds is 4. The Hall–Kier alpha value is -7.11. The van der Waals surface area contributed by atoms with Crippen molar-refractivity contribution in [3.8, 4) is 45.3 Å². The fourth-order valence-electron chi connectivity index (χ4n) is 7.69. The molecule has 0 aliphatic carbocycles. The molecule has 0 fully saturated rings. The van der Waals surface area contributed by atoms with Gasteiger partial charge in [-0.05, 0) is 69.1 Å². The van der Waals surface area contributed by atoms with Crippen LogP contribution in [0.25, 0.3) is 111 Å². The second-order valence-electron chi connectivity index (χ2n) is 13.2. The Morgan fingerprint density at radius 1 is 0.308 bits per heavy atom. The SMILES string of the molecule is c1ccc2cc(-c3nc(-c4ccc5c(c4)oc4ccccc45)nc(-c4cccc5c(-c6cccc7oc8ccccc8c67)cccc45)n3)ccc2c1. The zero-order valence-electron chi connectivity index (χ0n) is 27.7. The highest BCUT2D eigenvalue weighted by Gasteiger charge is 2.19. The van der Waals surface area contributed by atoms with E-state index in [9.17, 15) is 0 Å². The van der Waals surface area contributed by atoms with Gasteiger partial charge in [0.25, 0.3) is 0 Å². The molecule has 0 radical (unpaired) electrons. The maximum Gasteiger partial charge on any atom is 0.164 e. The molecule has 0 amide bonds. The van der Waals surface area contributed by atoms with Crippen LogP contribution >= 0.6 is 0 Å². The van der Waals surface area contributed by atoms with Gasteiger partial charge in [0.1, 0.15) is 22.3 Å². The Morgan fingerprint density at radius 2 is 0.846 bits per heavy atom. The van der Waals surface area contributed by atoms with Gasteiger partial charge in [-0.25, -0.2) is 15.0 Å². The van der Waals surface area contributed by atoms with E-state index in [1.165, 1.54) is 0 Å². The summed E-state index contributed by atoms with van der Waals surface area (Å²) in [7, 11) is 0. The zero-order chi connectivity index (χ0) is 34.2. The fourth-order valence-corrected chi connectivity index (χ4v) is 7.69. The summed E-state index contributed by atoms with van der Waals surface area (Å²) in [5, 5.41) is 8.81. The summed E-state index contributed by atoms with van der Waals surface area (Å²) in [5.74, 6) is 1.80. The first-order valence-electron chi connectivity index (χ1n) is 17.3. The molecule has 0 atom stereocenters. The topological polar surface area (TPSA) is 65.0 Å². The number of benzene rings is 8. The zero-order valence-corrected chi connectivity index (χ0v) is 27.7. The predicted molar refractivity (Wildman–Crippen MR) is 211 cm³/mol. The number of fused-ring (bicyclic) bond motifs is 8. The van der Waals surface area contributed by atoms with Crippen molar-refractivity contribution in [2.75, 3.05) is 0 Å². The molecule has 0 saturated heterocycles. The molecule has 11 rings (SSSR count). The number of hydrogen-bond donors (Lipinski definition) is 0. The lowest BCUT2D eigenvalue weighted by Gasteiger charge is -2.13. The quantitative estimate of drug-likeness (QED) is 0.187. The molecule has 8 aromatic carbocycles. The molecular formula is C47H27N3O2. The van der Waals surface area contributed by atoms with Gasteiger partial charge < -0.3 is 8.83 Å². The molecule has 0 spiro atoms. The predicted octanol–water partition coefficient (Wildman–Crippen LogP) is 12.6. The van der Waals surface area contributed by atoms with Gasteiger partial charge in [-0.3, -0.25) is 0 Å².